The van der Waals surface area contributed by atoms with Crippen LogP contribution in [-0.4, -0.2) is 12.6 Å². The molecule has 1 aliphatic carbocycles. The summed E-state index contributed by atoms with van der Waals surface area (Å²) < 4.78 is 0. The molecule has 1 aliphatic rings. The molecule has 1 saturated carbocycles. The summed E-state index contributed by atoms with van der Waals surface area (Å²) in [5, 5.41) is 3.65. The van der Waals surface area contributed by atoms with E-state index in [0.29, 0.717) is 0 Å². The topological polar surface area (TPSA) is 12.0 Å². The molecule has 0 amide bonds. The third-order valence-corrected chi connectivity index (χ3v) is 3.80. The first-order valence-corrected chi connectivity index (χ1v) is 7.21. The number of hydrogen-bond acceptors (Lipinski definition) is 1. The largest absolute Gasteiger partial charge is 0.314 e. The predicted octanol–water partition coefficient (Wildman–Crippen LogP) is 4.29. The average molecular weight is 223 g/mol. The quantitative estimate of drug-likeness (QED) is 0.430. The lowest BCUT2D eigenvalue weighted by atomic mass is 9.80. The maximum atomic E-state index is 3.77. The molecule has 0 radical (unpaired) electrons. The highest BCUT2D eigenvalue weighted by molar-refractivity contribution is 4.77. The molecule has 1 rings (SSSR count). The zero-order valence-electron chi connectivity index (χ0n) is 11.0. The van der Waals surface area contributed by atoms with Crippen molar-refractivity contribution in [3.05, 3.63) is 12.7 Å². The Morgan fingerprint density at radius 3 is 2.69 bits per heavy atom. The third kappa shape index (κ3) is 5.69. The first-order valence-electron chi connectivity index (χ1n) is 7.21. The molecule has 1 unspecified atom stereocenters. The Kier molecular flexibility index (Phi) is 7.58. The highest BCUT2D eigenvalue weighted by Gasteiger charge is 2.21. The van der Waals surface area contributed by atoms with Crippen molar-refractivity contribution in [2.24, 2.45) is 5.92 Å². The molecular weight excluding hydrogens is 194 g/mol. The summed E-state index contributed by atoms with van der Waals surface area (Å²) in [7, 11) is 0. The van der Waals surface area contributed by atoms with E-state index in [1.807, 2.05) is 6.08 Å². The van der Waals surface area contributed by atoms with Crippen molar-refractivity contribution in [3.8, 4) is 0 Å². The standard InChI is InChI=1S/C15H29N/c1-3-5-6-7-8-12-15(16-4-2)13-14-10-9-11-14/h3,14-16H,1,4-13H2,2H3. The number of allylic oxidation sites excluding steroid dienone is 1. The van der Waals surface area contributed by atoms with Gasteiger partial charge in [0, 0.05) is 6.04 Å². The van der Waals surface area contributed by atoms with Crippen molar-refractivity contribution < 1.29 is 0 Å². The van der Waals surface area contributed by atoms with Crippen LogP contribution >= 0.6 is 0 Å². The molecule has 16 heavy (non-hydrogen) atoms. The van der Waals surface area contributed by atoms with Crippen LogP contribution < -0.4 is 5.32 Å². The van der Waals surface area contributed by atoms with Gasteiger partial charge in [-0.25, -0.2) is 0 Å². The van der Waals surface area contributed by atoms with Crippen LogP contribution in [0.2, 0.25) is 0 Å². The van der Waals surface area contributed by atoms with Crippen molar-refractivity contribution in [2.45, 2.75) is 70.8 Å². The van der Waals surface area contributed by atoms with Gasteiger partial charge in [0.2, 0.25) is 0 Å². The summed E-state index contributed by atoms with van der Waals surface area (Å²) in [5.41, 5.74) is 0. The van der Waals surface area contributed by atoms with Crippen LogP contribution in [0.1, 0.15) is 64.7 Å². The Bertz CT molecular complexity index is 172. The first kappa shape index (κ1) is 13.8. The molecular formula is C15H29N. The van der Waals surface area contributed by atoms with Gasteiger partial charge in [-0.15, -0.1) is 6.58 Å². The van der Waals surface area contributed by atoms with Gasteiger partial charge in [0.05, 0.1) is 0 Å². The molecule has 1 fully saturated rings. The summed E-state index contributed by atoms with van der Waals surface area (Å²) in [4.78, 5) is 0. The normalized spacial score (nSPS) is 18.1. The van der Waals surface area contributed by atoms with E-state index in [0.717, 1.165) is 18.5 Å². The minimum atomic E-state index is 0.791. The fourth-order valence-electron chi connectivity index (χ4n) is 2.58. The molecule has 0 heterocycles. The number of hydrogen-bond donors (Lipinski definition) is 1. The van der Waals surface area contributed by atoms with E-state index in [-0.39, 0.29) is 0 Å². The summed E-state index contributed by atoms with van der Waals surface area (Å²) in [6.45, 7) is 7.13. The molecule has 1 heteroatoms. The molecule has 0 bridgehead atoms. The fraction of sp³-hybridized carbons (Fsp3) is 0.867. The molecule has 0 spiro atoms. The van der Waals surface area contributed by atoms with E-state index >= 15 is 0 Å². The van der Waals surface area contributed by atoms with Gasteiger partial charge in [0.15, 0.2) is 0 Å². The summed E-state index contributed by atoms with van der Waals surface area (Å²) in [6, 6.07) is 0.791. The Hall–Kier alpha value is -0.300. The highest BCUT2D eigenvalue weighted by Crippen LogP contribution is 2.31. The molecule has 1 atom stereocenters. The Morgan fingerprint density at radius 2 is 2.12 bits per heavy atom. The van der Waals surface area contributed by atoms with E-state index < -0.39 is 0 Å². The number of unbranched alkanes of at least 4 members (excludes halogenated alkanes) is 3. The molecule has 0 aromatic heterocycles. The smallest absolute Gasteiger partial charge is 0.00695 e. The van der Waals surface area contributed by atoms with E-state index in [9.17, 15) is 0 Å². The van der Waals surface area contributed by atoms with Crippen LogP contribution in [0.5, 0.6) is 0 Å². The zero-order chi connectivity index (χ0) is 11.6. The Balaban J connectivity index is 2.04. The Labute approximate surface area is 102 Å². The summed E-state index contributed by atoms with van der Waals surface area (Å²) in [5.74, 6) is 1.04. The monoisotopic (exact) mass is 223 g/mol. The predicted molar refractivity (Wildman–Crippen MR) is 72.7 cm³/mol. The lowest BCUT2D eigenvalue weighted by Crippen LogP contribution is -2.32. The van der Waals surface area contributed by atoms with Crippen LogP contribution in [0.25, 0.3) is 0 Å². The van der Waals surface area contributed by atoms with Crippen molar-refractivity contribution in [1.82, 2.24) is 5.32 Å². The van der Waals surface area contributed by atoms with Crippen LogP contribution in [0.15, 0.2) is 12.7 Å². The number of nitrogens with one attached hydrogen (secondary N) is 1. The molecule has 1 nitrogen and oxygen atoms in total. The van der Waals surface area contributed by atoms with Crippen molar-refractivity contribution in [2.75, 3.05) is 6.54 Å². The van der Waals surface area contributed by atoms with Crippen LogP contribution in [0, 0.1) is 5.92 Å². The second kappa shape index (κ2) is 8.81. The van der Waals surface area contributed by atoms with Gasteiger partial charge in [0.25, 0.3) is 0 Å². The second-order valence-corrected chi connectivity index (χ2v) is 5.21. The Morgan fingerprint density at radius 1 is 1.31 bits per heavy atom. The SMILES string of the molecule is C=CCCCCCC(CC1CCC1)NCC. The van der Waals surface area contributed by atoms with Gasteiger partial charge < -0.3 is 5.32 Å². The fourth-order valence-corrected chi connectivity index (χ4v) is 2.58. The van der Waals surface area contributed by atoms with Crippen molar-refractivity contribution in [3.63, 3.8) is 0 Å². The van der Waals surface area contributed by atoms with Crippen LogP contribution in [-0.2, 0) is 0 Å². The molecule has 0 aromatic rings. The van der Waals surface area contributed by atoms with Crippen molar-refractivity contribution >= 4 is 0 Å². The third-order valence-electron chi connectivity index (χ3n) is 3.80. The molecule has 0 aliphatic heterocycles. The molecule has 94 valence electrons. The van der Waals surface area contributed by atoms with Crippen LogP contribution in [0.3, 0.4) is 0 Å². The van der Waals surface area contributed by atoms with Crippen LogP contribution in [0.4, 0.5) is 0 Å². The van der Waals surface area contributed by atoms with Crippen molar-refractivity contribution in [1.29, 1.82) is 0 Å². The minimum absolute atomic E-state index is 0.791. The van der Waals surface area contributed by atoms with Gasteiger partial charge in [-0.2, -0.15) is 0 Å². The summed E-state index contributed by atoms with van der Waals surface area (Å²) in [6.07, 6.45) is 14.6. The zero-order valence-corrected chi connectivity index (χ0v) is 11.0. The average Bonchev–Trinajstić information content (AvgIpc) is 2.23. The summed E-state index contributed by atoms with van der Waals surface area (Å²) >= 11 is 0. The van der Waals surface area contributed by atoms with Gasteiger partial charge in [-0.3, -0.25) is 0 Å². The van der Waals surface area contributed by atoms with Gasteiger partial charge in [-0.05, 0) is 38.1 Å². The molecule has 1 N–H and O–H groups in total. The van der Waals surface area contributed by atoms with Gasteiger partial charge in [0.1, 0.15) is 0 Å². The lowest BCUT2D eigenvalue weighted by Gasteiger charge is -2.30. The highest BCUT2D eigenvalue weighted by atomic mass is 14.9. The van der Waals surface area contributed by atoms with E-state index in [2.05, 4.69) is 18.8 Å². The molecule has 0 aromatic carbocycles. The van der Waals surface area contributed by atoms with E-state index in [1.165, 1.54) is 57.8 Å². The first-order chi connectivity index (χ1) is 7.86. The second-order valence-electron chi connectivity index (χ2n) is 5.21. The number of rotatable bonds is 10. The lowest BCUT2D eigenvalue weighted by molar-refractivity contribution is 0.253. The minimum Gasteiger partial charge on any atom is -0.314 e. The maximum Gasteiger partial charge on any atom is 0.00695 e. The van der Waals surface area contributed by atoms with Gasteiger partial charge >= 0.3 is 0 Å². The maximum absolute atomic E-state index is 3.77. The van der Waals surface area contributed by atoms with E-state index in [1.54, 1.807) is 0 Å². The van der Waals surface area contributed by atoms with Gasteiger partial charge in [-0.1, -0.05) is 45.1 Å². The molecule has 0 saturated heterocycles. The van der Waals surface area contributed by atoms with E-state index in [4.69, 9.17) is 0 Å².